The van der Waals surface area contributed by atoms with E-state index < -0.39 is 63.3 Å². The van der Waals surface area contributed by atoms with Crippen molar-refractivity contribution in [2.45, 2.75) is 34.1 Å². The maximum atomic E-state index is 13.8. The fraction of sp³-hybridized carbons (Fsp3) is 0.533. The predicted octanol–water partition coefficient (Wildman–Crippen LogP) is 4.06. The molecule has 122 valence electrons. The molecule has 22 heavy (non-hydrogen) atoms. The lowest BCUT2D eigenvalue weighted by atomic mass is 9.86. The molecule has 1 aromatic rings. The molecule has 1 aromatic carbocycles. The normalized spacial score (nSPS) is 20.8. The minimum absolute atomic E-state index is 0.770. The standard InChI is InChI=1S/C15H15F5O2/c1-13(2)14(3,4)15(13,12(21)22)5-6-7(16)9(18)11(20)10(19)8(6)17/h5H2,1-4H3,(H,21,22). The van der Waals surface area contributed by atoms with Crippen molar-refractivity contribution in [1.29, 1.82) is 0 Å². The third-order valence-corrected chi connectivity index (χ3v) is 5.74. The zero-order valence-corrected chi connectivity index (χ0v) is 12.5. The molecule has 0 heterocycles. The second-order valence-electron chi connectivity index (χ2n) is 6.69. The van der Waals surface area contributed by atoms with Gasteiger partial charge in [0.05, 0.1) is 5.41 Å². The number of hydrogen-bond donors (Lipinski definition) is 1. The average molecular weight is 322 g/mol. The van der Waals surface area contributed by atoms with E-state index in [-0.39, 0.29) is 0 Å². The first kappa shape index (κ1) is 16.7. The predicted molar refractivity (Wildman–Crippen MR) is 67.6 cm³/mol. The minimum atomic E-state index is -2.25. The van der Waals surface area contributed by atoms with Gasteiger partial charge in [-0.05, 0) is 17.3 Å². The topological polar surface area (TPSA) is 37.3 Å². The van der Waals surface area contributed by atoms with Crippen LogP contribution in [-0.4, -0.2) is 11.1 Å². The summed E-state index contributed by atoms with van der Waals surface area (Å²) in [6.07, 6.45) is -0.770. The van der Waals surface area contributed by atoms with Gasteiger partial charge in [0.1, 0.15) is 0 Å². The third kappa shape index (κ3) is 1.62. The maximum Gasteiger partial charge on any atom is 0.311 e. The quantitative estimate of drug-likeness (QED) is 0.518. The van der Waals surface area contributed by atoms with Gasteiger partial charge in [0.25, 0.3) is 0 Å². The first-order valence-electron chi connectivity index (χ1n) is 6.58. The fourth-order valence-electron chi connectivity index (χ4n) is 3.55. The van der Waals surface area contributed by atoms with Crippen molar-refractivity contribution in [2.24, 2.45) is 16.2 Å². The molecule has 2 nitrogen and oxygen atoms in total. The third-order valence-electron chi connectivity index (χ3n) is 5.74. The summed E-state index contributed by atoms with van der Waals surface area (Å²) in [7, 11) is 0. The number of carboxylic acids is 1. The van der Waals surface area contributed by atoms with E-state index in [2.05, 4.69) is 0 Å². The molecule has 0 unspecified atom stereocenters. The van der Waals surface area contributed by atoms with E-state index >= 15 is 0 Å². The maximum absolute atomic E-state index is 13.8. The Kier molecular flexibility index (Phi) is 3.36. The molecule has 0 bridgehead atoms. The van der Waals surface area contributed by atoms with Crippen molar-refractivity contribution in [2.75, 3.05) is 0 Å². The molecule has 1 saturated carbocycles. The van der Waals surface area contributed by atoms with Crippen LogP contribution in [-0.2, 0) is 11.2 Å². The number of carboxylic acid groups (broad SMARTS) is 1. The lowest BCUT2D eigenvalue weighted by molar-refractivity contribution is -0.145. The van der Waals surface area contributed by atoms with Gasteiger partial charge in [-0.25, -0.2) is 22.0 Å². The number of aliphatic carboxylic acids is 1. The van der Waals surface area contributed by atoms with Crippen LogP contribution < -0.4 is 0 Å². The van der Waals surface area contributed by atoms with Crippen LogP contribution in [0.2, 0.25) is 0 Å². The Morgan fingerprint density at radius 3 is 1.41 bits per heavy atom. The fourth-order valence-corrected chi connectivity index (χ4v) is 3.55. The smallest absolute Gasteiger partial charge is 0.311 e. The Hall–Kier alpha value is -1.66. The monoisotopic (exact) mass is 322 g/mol. The minimum Gasteiger partial charge on any atom is -0.481 e. The molecule has 0 aliphatic heterocycles. The van der Waals surface area contributed by atoms with Gasteiger partial charge in [0.2, 0.25) is 5.82 Å². The van der Waals surface area contributed by atoms with Crippen molar-refractivity contribution < 1.29 is 31.9 Å². The van der Waals surface area contributed by atoms with Crippen molar-refractivity contribution >= 4 is 5.97 Å². The Morgan fingerprint density at radius 1 is 0.818 bits per heavy atom. The highest BCUT2D eigenvalue weighted by Crippen LogP contribution is 2.79. The molecule has 0 radical (unpaired) electrons. The number of rotatable bonds is 3. The lowest BCUT2D eigenvalue weighted by Gasteiger charge is -2.18. The molecule has 0 aromatic heterocycles. The van der Waals surface area contributed by atoms with Gasteiger partial charge in [-0.3, -0.25) is 4.79 Å². The largest absolute Gasteiger partial charge is 0.481 e. The summed E-state index contributed by atoms with van der Waals surface area (Å²) in [5.41, 5.74) is -4.44. The molecule has 1 aliphatic carbocycles. The molecule has 0 spiro atoms. The van der Waals surface area contributed by atoms with Gasteiger partial charge >= 0.3 is 5.97 Å². The van der Waals surface area contributed by atoms with Crippen LogP contribution in [0.1, 0.15) is 33.3 Å². The summed E-state index contributed by atoms with van der Waals surface area (Å²) in [6, 6.07) is 0. The Balaban J connectivity index is 2.64. The highest BCUT2D eigenvalue weighted by molar-refractivity contribution is 5.82. The second kappa shape index (κ2) is 4.43. The van der Waals surface area contributed by atoms with E-state index in [1.807, 2.05) is 0 Å². The summed E-state index contributed by atoms with van der Waals surface area (Å²) >= 11 is 0. The summed E-state index contributed by atoms with van der Waals surface area (Å²) in [6.45, 7) is 6.36. The lowest BCUT2D eigenvalue weighted by Crippen LogP contribution is -2.27. The van der Waals surface area contributed by atoms with Crippen molar-refractivity contribution in [1.82, 2.24) is 0 Å². The van der Waals surface area contributed by atoms with E-state index in [1.54, 1.807) is 27.7 Å². The van der Waals surface area contributed by atoms with Crippen LogP contribution in [0.5, 0.6) is 0 Å². The van der Waals surface area contributed by atoms with Gasteiger partial charge in [-0.1, -0.05) is 27.7 Å². The van der Waals surface area contributed by atoms with Gasteiger partial charge < -0.3 is 5.11 Å². The highest BCUT2D eigenvalue weighted by atomic mass is 19.2. The van der Waals surface area contributed by atoms with Crippen LogP contribution >= 0.6 is 0 Å². The number of carbonyl (C=O) groups is 1. The van der Waals surface area contributed by atoms with E-state index in [9.17, 15) is 31.9 Å². The molecule has 1 fully saturated rings. The molecule has 0 atom stereocenters. The number of hydrogen-bond acceptors (Lipinski definition) is 1. The van der Waals surface area contributed by atoms with Crippen molar-refractivity contribution in [3.05, 3.63) is 34.6 Å². The zero-order chi connectivity index (χ0) is 17.2. The molecule has 1 N–H and O–H groups in total. The summed E-state index contributed by atoms with van der Waals surface area (Å²) in [5.74, 6) is -11.7. The molecule has 0 saturated heterocycles. The highest BCUT2D eigenvalue weighted by Gasteiger charge is 2.81. The molecule has 7 heteroatoms. The first-order chi connectivity index (χ1) is 9.84. The Morgan fingerprint density at radius 2 is 1.14 bits per heavy atom. The van der Waals surface area contributed by atoms with E-state index in [0.29, 0.717) is 0 Å². The van der Waals surface area contributed by atoms with Gasteiger partial charge in [-0.2, -0.15) is 0 Å². The van der Waals surface area contributed by atoms with E-state index in [1.165, 1.54) is 0 Å². The average Bonchev–Trinajstić information content (AvgIpc) is 2.77. The molecule has 0 amide bonds. The molecular weight excluding hydrogens is 307 g/mol. The summed E-state index contributed by atoms with van der Waals surface area (Å²) in [5, 5.41) is 9.50. The number of halogens is 5. The van der Waals surface area contributed by atoms with Crippen LogP contribution in [0.25, 0.3) is 0 Å². The molecule has 1 aliphatic rings. The number of benzene rings is 1. The van der Waals surface area contributed by atoms with Gasteiger partial charge in [0, 0.05) is 5.56 Å². The molecule has 2 rings (SSSR count). The Bertz CT molecular complexity index is 636. The molecular formula is C15H15F5O2. The van der Waals surface area contributed by atoms with Crippen LogP contribution in [0.15, 0.2) is 0 Å². The van der Waals surface area contributed by atoms with Crippen molar-refractivity contribution in [3.8, 4) is 0 Å². The Labute approximate surface area is 123 Å². The SMILES string of the molecule is CC1(C)C(C)(C)C1(Cc1c(F)c(F)c(F)c(F)c1F)C(=O)O. The first-order valence-corrected chi connectivity index (χ1v) is 6.58. The van der Waals surface area contributed by atoms with Crippen molar-refractivity contribution in [3.63, 3.8) is 0 Å². The van der Waals surface area contributed by atoms with Crippen LogP contribution in [0, 0.1) is 45.3 Å². The summed E-state index contributed by atoms with van der Waals surface area (Å²) in [4.78, 5) is 11.7. The second-order valence-corrected chi connectivity index (χ2v) is 6.69. The van der Waals surface area contributed by atoms with Crippen LogP contribution in [0.3, 0.4) is 0 Å². The van der Waals surface area contributed by atoms with Gasteiger partial charge in [0.15, 0.2) is 23.3 Å². The zero-order valence-electron chi connectivity index (χ0n) is 12.5. The van der Waals surface area contributed by atoms with E-state index in [4.69, 9.17) is 0 Å². The van der Waals surface area contributed by atoms with E-state index in [0.717, 1.165) is 0 Å². The van der Waals surface area contributed by atoms with Gasteiger partial charge in [-0.15, -0.1) is 0 Å². The summed E-state index contributed by atoms with van der Waals surface area (Å²) < 4.78 is 67.2. The van der Waals surface area contributed by atoms with Crippen LogP contribution in [0.4, 0.5) is 22.0 Å².